The number of primary amides is 1. The van der Waals surface area contributed by atoms with Crippen LogP contribution >= 0.6 is 0 Å². The van der Waals surface area contributed by atoms with Crippen LogP contribution in [0, 0.1) is 18.6 Å². The molecule has 0 aliphatic rings. The predicted molar refractivity (Wildman–Crippen MR) is 111 cm³/mol. The molecule has 6 nitrogen and oxygen atoms in total. The van der Waals surface area contributed by atoms with Crippen LogP contribution in [-0.2, 0) is 4.74 Å². The fraction of sp³-hybridized carbons (Fsp3) is 0.409. The molecule has 0 aliphatic heterocycles. The third kappa shape index (κ3) is 7.27. The molecule has 30 heavy (non-hydrogen) atoms. The zero-order chi connectivity index (χ0) is 22.3. The van der Waals surface area contributed by atoms with Gasteiger partial charge >= 0.3 is 0 Å². The van der Waals surface area contributed by atoms with Crippen LogP contribution in [0.1, 0.15) is 49.0 Å². The Labute approximate surface area is 175 Å². The number of amides is 1. The van der Waals surface area contributed by atoms with Gasteiger partial charge in [-0.05, 0) is 63.8 Å². The van der Waals surface area contributed by atoms with E-state index >= 15 is 0 Å². The molecule has 0 saturated heterocycles. The number of nitrogens with one attached hydrogen (secondary N) is 1. The minimum absolute atomic E-state index is 0.00902. The van der Waals surface area contributed by atoms with E-state index in [-0.39, 0.29) is 29.3 Å². The molecular weight excluding hydrogens is 394 g/mol. The van der Waals surface area contributed by atoms with E-state index in [0.717, 1.165) is 24.1 Å². The van der Waals surface area contributed by atoms with Crippen LogP contribution in [0.3, 0.4) is 0 Å². The molecule has 2 aromatic carbocycles. The van der Waals surface area contributed by atoms with Crippen molar-refractivity contribution >= 4 is 17.3 Å². The maximum atomic E-state index is 14.2. The predicted octanol–water partition coefficient (Wildman–Crippen LogP) is 4.41. The molecule has 0 bridgehead atoms. The molecule has 0 aliphatic carbocycles. The highest BCUT2D eigenvalue weighted by atomic mass is 19.1. The average molecular weight is 422 g/mol. The molecule has 0 saturated carbocycles. The Morgan fingerprint density at radius 3 is 2.43 bits per heavy atom. The monoisotopic (exact) mass is 422 g/mol. The van der Waals surface area contributed by atoms with Gasteiger partial charge in [0.1, 0.15) is 22.9 Å². The number of nitrogens with two attached hydrogens (primary N) is 1. The maximum absolute atomic E-state index is 14.2. The summed E-state index contributed by atoms with van der Waals surface area (Å²) in [6, 6.07) is 6.66. The highest BCUT2D eigenvalue weighted by Crippen LogP contribution is 2.31. The van der Waals surface area contributed by atoms with Crippen LogP contribution in [0.5, 0.6) is 5.75 Å². The van der Waals surface area contributed by atoms with Gasteiger partial charge in [-0.2, -0.15) is 0 Å². The second-order valence-corrected chi connectivity index (χ2v) is 7.50. The van der Waals surface area contributed by atoms with Crippen LogP contribution < -0.4 is 15.8 Å². The minimum atomic E-state index is -1.17. The summed E-state index contributed by atoms with van der Waals surface area (Å²) in [7, 11) is 0. The highest BCUT2D eigenvalue weighted by Gasteiger charge is 2.19. The van der Waals surface area contributed by atoms with Crippen molar-refractivity contribution in [3.8, 4) is 5.75 Å². The number of unbranched alkanes of at least 4 members (excludes halogenated alkanes) is 2. The van der Waals surface area contributed by atoms with Gasteiger partial charge in [0.05, 0.1) is 18.0 Å². The van der Waals surface area contributed by atoms with Gasteiger partial charge in [0.15, 0.2) is 5.79 Å². The lowest BCUT2D eigenvalue weighted by Gasteiger charge is -2.18. The van der Waals surface area contributed by atoms with Crippen molar-refractivity contribution in [1.29, 1.82) is 0 Å². The van der Waals surface area contributed by atoms with E-state index in [0.29, 0.717) is 19.4 Å². The second kappa shape index (κ2) is 10.4. The summed E-state index contributed by atoms with van der Waals surface area (Å²) in [4.78, 5) is 12.0. The molecule has 0 atom stereocenters. The number of anilines is 2. The third-order valence-corrected chi connectivity index (χ3v) is 4.21. The van der Waals surface area contributed by atoms with E-state index in [4.69, 9.17) is 15.2 Å². The Balaban J connectivity index is 2.06. The molecule has 0 heterocycles. The number of benzene rings is 2. The number of aryl methyl sites for hydroxylation is 1. The van der Waals surface area contributed by atoms with Gasteiger partial charge in [-0.15, -0.1) is 0 Å². The summed E-state index contributed by atoms with van der Waals surface area (Å²) >= 11 is 0. The van der Waals surface area contributed by atoms with Crippen molar-refractivity contribution in [2.75, 3.05) is 18.5 Å². The van der Waals surface area contributed by atoms with Crippen LogP contribution in [0.4, 0.5) is 20.2 Å². The van der Waals surface area contributed by atoms with E-state index in [1.807, 2.05) is 0 Å². The quantitative estimate of drug-likeness (QED) is 0.368. The number of ether oxygens (including phenoxy) is 2. The Morgan fingerprint density at radius 1 is 1.10 bits per heavy atom. The average Bonchev–Trinajstić information content (AvgIpc) is 2.61. The van der Waals surface area contributed by atoms with Gasteiger partial charge in [0.2, 0.25) is 0 Å². The second-order valence-electron chi connectivity index (χ2n) is 7.50. The number of rotatable bonds is 11. The van der Waals surface area contributed by atoms with E-state index in [2.05, 4.69) is 5.32 Å². The highest BCUT2D eigenvalue weighted by molar-refractivity contribution is 6.02. The Kier molecular flexibility index (Phi) is 8.14. The molecule has 0 aromatic heterocycles. The molecule has 0 fully saturated rings. The summed E-state index contributed by atoms with van der Waals surface area (Å²) in [6.45, 7) is 5.47. The molecule has 0 radical (unpaired) electrons. The Morgan fingerprint density at radius 2 is 1.80 bits per heavy atom. The van der Waals surface area contributed by atoms with E-state index in [1.54, 1.807) is 26.8 Å². The minimum Gasteiger partial charge on any atom is -0.493 e. The van der Waals surface area contributed by atoms with E-state index in [9.17, 15) is 18.7 Å². The normalized spacial score (nSPS) is 11.4. The lowest BCUT2D eigenvalue weighted by atomic mass is 10.1. The van der Waals surface area contributed by atoms with Gasteiger partial charge in [0.25, 0.3) is 5.91 Å². The SMILES string of the molecule is Cc1ccc(Nc2cc(F)cc(OCCCCCOC(C)(C)O)c2C(N)=O)c(F)c1. The van der Waals surface area contributed by atoms with Crippen molar-refractivity contribution in [3.63, 3.8) is 0 Å². The first-order valence-electron chi connectivity index (χ1n) is 9.72. The molecule has 4 N–H and O–H groups in total. The topological polar surface area (TPSA) is 93.8 Å². The molecule has 0 unspecified atom stereocenters. The molecule has 2 aromatic rings. The first kappa shape index (κ1) is 23.6. The number of aliphatic hydroxyl groups is 1. The summed E-state index contributed by atoms with van der Waals surface area (Å²) in [6.07, 6.45) is 2.08. The lowest BCUT2D eigenvalue weighted by molar-refractivity contribution is -0.176. The third-order valence-electron chi connectivity index (χ3n) is 4.21. The number of hydrogen-bond donors (Lipinski definition) is 3. The molecule has 0 spiro atoms. The fourth-order valence-electron chi connectivity index (χ4n) is 2.80. The zero-order valence-electron chi connectivity index (χ0n) is 17.4. The van der Waals surface area contributed by atoms with Gasteiger partial charge in [-0.25, -0.2) is 8.78 Å². The fourth-order valence-corrected chi connectivity index (χ4v) is 2.80. The van der Waals surface area contributed by atoms with Gasteiger partial charge in [0, 0.05) is 12.7 Å². The molecule has 164 valence electrons. The van der Waals surface area contributed by atoms with Crippen LogP contribution in [0.15, 0.2) is 30.3 Å². The van der Waals surface area contributed by atoms with Crippen molar-refractivity contribution in [1.82, 2.24) is 0 Å². The summed E-state index contributed by atoms with van der Waals surface area (Å²) < 4.78 is 39.1. The smallest absolute Gasteiger partial charge is 0.254 e. The van der Waals surface area contributed by atoms with Crippen molar-refractivity contribution in [2.45, 2.75) is 45.8 Å². The zero-order valence-corrected chi connectivity index (χ0v) is 17.4. The Hall–Kier alpha value is -2.71. The number of halogens is 2. The van der Waals surface area contributed by atoms with Gasteiger partial charge < -0.3 is 25.6 Å². The standard InChI is InChI=1S/C22H28F2N2O4/c1-14-7-8-17(16(24)11-14)26-18-12-15(23)13-19(20(18)21(25)27)29-9-5-4-6-10-30-22(2,3)28/h7-8,11-13,26,28H,4-6,9-10H2,1-3H3,(H2,25,27). The molecule has 8 heteroatoms. The van der Waals surface area contributed by atoms with E-state index in [1.165, 1.54) is 12.1 Å². The molecule has 1 amide bonds. The Bertz CT molecular complexity index is 882. The maximum Gasteiger partial charge on any atom is 0.254 e. The lowest BCUT2D eigenvalue weighted by Crippen LogP contribution is -2.23. The summed E-state index contributed by atoms with van der Waals surface area (Å²) in [5, 5.41) is 12.2. The van der Waals surface area contributed by atoms with Gasteiger partial charge in [-0.1, -0.05) is 6.07 Å². The van der Waals surface area contributed by atoms with Crippen LogP contribution in [0.2, 0.25) is 0 Å². The summed E-state index contributed by atoms with van der Waals surface area (Å²) in [5.74, 6) is -3.19. The number of carbonyl (C=O) groups excluding carboxylic acids is 1. The first-order valence-corrected chi connectivity index (χ1v) is 9.72. The van der Waals surface area contributed by atoms with Crippen molar-refractivity contribution < 1.29 is 28.2 Å². The first-order chi connectivity index (χ1) is 14.1. The van der Waals surface area contributed by atoms with Crippen molar-refractivity contribution in [3.05, 3.63) is 53.1 Å². The number of carbonyl (C=O) groups is 1. The van der Waals surface area contributed by atoms with Gasteiger partial charge in [-0.3, -0.25) is 4.79 Å². The van der Waals surface area contributed by atoms with Crippen LogP contribution in [0.25, 0.3) is 0 Å². The van der Waals surface area contributed by atoms with Crippen molar-refractivity contribution in [2.24, 2.45) is 5.73 Å². The van der Waals surface area contributed by atoms with E-state index < -0.39 is 23.3 Å². The number of hydrogen-bond acceptors (Lipinski definition) is 5. The van der Waals surface area contributed by atoms with Crippen LogP contribution in [-0.4, -0.2) is 30.0 Å². The molecular formula is C22H28F2N2O4. The molecule has 2 rings (SSSR count). The summed E-state index contributed by atoms with van der Waals surface area (Å²) in [5.41, 5.74) is 6.26. The largest absolute Gasteiger partial charge is 0.493 e.